The molecule has 6 nitrogen and oxygen atoms in total. The first-order chi connectivity index (χ1) is 10.2. The summed E-state index contributed by atoms with van der Waals surface area (Å²) >= 11 is 0. The normalized spacial score (nSPS) is 13.4. The van der Waals surface area contributed by atoms with Crippen molar-refractivity contribution in [1.29, 1.82) is 0 Å². The molecule has 0 aliphatic rings. The van der Waals surface area contributed by atoms with Gasteiger partial charge in [-0.3, -0.25) is 0 Å². The average Bonchev–Trinajstić information content (AvgIpc) is 2.51. The fraction of sp³-hybridized carbons (Fsp3) is 0.533. The lowest BCUT2D eigenvalue weighted by atomic mass is 10.0. The Morgan fingerprint density at radius 1 is 1.27 bits per heavy atom. The third-order valence-electron chi connectivity index (χ3n) is 3.62. The lowest BCUT2D eigenvalue weighted by molar-refractivity contribution is 0.0600. The summed E-state index contributed by atoms with van der Waals surface area (Å²) in [6, 6.07) is 5.64. The quantitative estimate of drug-likeness (QED) is 0.766. The van der Waals surface area contributed by atoms with Crippen LogP contribution >= 0.6 is 0 Å². The van der Waals surface area contributed by atoms with Crippen LogP contribution in [0.2, 0.25) is 0 Å². The van der Waals surface area contributed by atoms with E-state index in [1.807, 2.05) is 13.8 Å². The van der Waals surface area contributed by atoms with E-state index in [0.717, 1.165) is 0 Å². The van der Waals surface area contributed by atoms with Gasteiger partial charge in [0.15, 0.2) is 0 Å². The second-order valence-corrected chi connectivity index (χ2v) is 7.58. The zero-order valence-electron chi connectivity index (χ0n) is 13.4. The smallest absolute Gasteiger partial charge is 0.337 e. The van der Waals surface area contributed by atoms with Crippen molar-refractivity contribution in [2.45, 2.75) is 31.2 Å². The predicted octanol–water partition coefficient (Wildman–Crippen LogP) is 1.47. The van der Waals surface area contributed by atoms with E-state index in [2.05, 4.69) is 4.74 Å². The maximum atomic E-state index is 12.4. The van der Waals surface area contributed by atoms with E-state index in [1.165, 1.54) is 42.7 Å². The van der Waals surface area contributed by atoms with E-state index in [0.29, 0.717) is 24.4 Å². The van der Waals surface area contributed by atoms with Crippen LogP contribution in [0.5, 0.6) is 0 Å². The summed E-state index contributed by atoms with van der Waals surface area (Å²) in [5.41, 5.74) is 6.25. The molecule has 1 rings (SSSR count). The lowest BCUT2D eigenvalue weighted by Crippen LogP contribution is -2.34. The van der Waals surface area contributed by atoms with Gasteiger partial charge in [-0.05, 0) is 36.6 Å². The van der Waals surface area contributed by atoms with Gasteiger partial charge in [-0.25, -0.2) is 17.5 Å². The summed E-state index contributed by atoms with van der Waals surface area (Å²) < 4.78 is 30.7. The number of methoxy groups -OCH3 is 1. The maximum Gasteiger partial charge on any atom is 0.337 e. The molecule has 22 heavy (non-hydrogen) atoms. The summed E-state index contributed by atoms with van der Waals surface area (Å²) in [4.78, 5) is 11.5. The second-order valence-electron chi connectivity index (χ2n) is 5.54. The van der Waals surface area contributed by atoms with Crippen LogP contribution in [0.25, 0.3) is 0 Å². The van der Waals surface area contributed by atoms with Crippen LogP contribution in [-0.2, 0) is 14.8 Å². The molecule has 124 valence electrons. The van der Waals surface area contributed by atoms with Crippen LogP contribution < -0.4 is 5.73 Å². The van der Waals surface area contributed by atoms with Crippen molar-refractivity contribution in [2.24, 2.45) is 11.7 Å². The zero-order valence-corrected chi connectivity index (χ0v) is 14.3. The fourth-order valence-electron chi connectivity index (χ4n) is 1.85. The van der Waals surface area contributed by atoms with Crippen molar-refractivity contribution in [2.75, 3.05) is 20.7 Å². The van der Waals surface area contributed by atoms with Gasteiger partial charge in [0.1, 0.15) is 0 Å². The molecule has 0 aromatic heterocycles. The highest BCUT2D eigenvalue weighted by Crippen LogP contribution is 2.16. The topological polar surface area (TPSA) is 89.7 Å². The molecule has 1 aromatic rings. The molecular formula is C15H24N2O4S. The summed E-state index contributed by atoms with van der Waals surface area (Å²) in [6.07, 6.45) is 0.591. The number of esters is 1. The number of rotatable bonds is 7. The molecule has 0 saturated heterocycles. The lowest BCUT2D eigenvalue weighted by Gasteiger charge is -2.21. The SMILES string of the molecule is COC(=O)c1ccc(S(=O)(=O)N(C)CCC(N)C(C)C)cc1. The van der Waals surface area contributed by atoms with E-state index in [9.17, 15) is 13.2 Å². The first kappa shape index (κ1) is 18.6. The first-order valence-electron chi connectivity index (χ1n) is 7.10. The molecule has 1 atom stereocenters. The molecule has 0 aliphatic heterocycles. The molecule has 7 heteroatoms. The largest absolute Gasteiger partial charge is 0.465 e. The van der Waals surface area contributed by atoms with Gasteiger partial charge in [0, 0.05) is 19.6 Å². The summed E-state index contributed by atoms with van der Waals surface area (Å²) in [6.45, 7) is 4.36. The van der Waals surface area contributed by atoms with Crippen molar-refractivity contribution >= 4 is 16.0 Å². The van der Waals surface area contributed by atoms with Crippen LogP contribution in [0.15, 0.2) is 29.2 Å². The monoisotopic (exact) mass is 328 g/mol. The van der Waals surface area contributed by atoms with Gasteiger partial charge in [0.05, 0.1) is 17.6 Å². The van der Waals surface area contributed by atoms with Gasteiger partial charge in [-0.2, -0.15) is 0 Å². The Kier molecular flexibility index (Phi) is 6.52. The van der Waals surface area contributed by atoms with Gasteiger partial charge in [-0.15, -0.1) is 0 Å². The average molecular weight is 328 g/mol. The summed E-state index contributed by atoms with van der Waals surface area (Å²) in [5, 5.41) is 0. The molecule has 0 amide bonds. The number of hydrogen-bond donors (Lipinski definition) is 1. The third-order valence-corrected chi connectivity index (χ3v) is 5.49. The highest BCUT2D eigenvalue weighted by molar-refractivity contribution is 7.89. The molecular weight excluding hydrogens is 304 g/mol. The van der Waals surface area contributed by atoms with Crippen molar-refractivity contribution in [3.05, 3.63) is 29.8 Å². The van der Waals surface area contributed by atoms with E-state index < -0.39 is 16.0 Å². The van der Waals surface area contributed by atoms with Gasteiger partial charge in [0.25, 0.3) is 0 Å². The second kappa shape index (κ2) is 7.71. The molecule has 0 radical (unpaired) electrons. The molecule has 1 unspecified atom stereocenters. The third kappa shape index (κ3) is 4.53. The summed E-state index contributed by atoms with van der Waals surface area (Å²) in [7, 11) is -0.783. The molecule has 0 spiro atoms. The van der Waals surface area contributed by atoms with E-state index in [1.54, 1.807) is 0 Å². The molecule has 0 saturated carbocycles. The Hall–Kier alpha value is -1.44. The molecule has 0 heterocycles. The summed E-state index contributed by atoms with van der Waals surface area (Å²) in [5.74, 6) is -0.198. The molecule has 0 bridgehead atoms. The minimum atomic E-state index is -3.58. The van der Waals surface area contributed by atoms with Gasteiger partial charge < -0.3 is 10.5 Å². The maximum absolute atomic E-state index is 12.4. The highest BCUT2D eigenvalue weighted by Gasteiger charge is 2.22. The van der Waals surface area contributed by atoms with Crippen molar-refractivity contribution in [3.8, 4) is 0 Å². The van der Waals surface area contributed by atoms with Gasteiger partial charge in [0.2, 0.25) is 10.0 Å². The minimum absolute atomic E-state index is 0.0423. The highest BCUT2D eigenvalue weighted by atomic mass is 32.2. The Labute approximate surface area is 132 Å². The Morgan fingerprint density at radius 2 is 1.82 bits per heavy atom. The van der Waals surface area contributed by atoms with Crippen LogP contribution in [0.1, 0.15) is 30.6 Å². The Bertz CT molecular complexity index is 596. The molecule has 2 N–H and O–H groups in total. The number of carbonyl (C=O) groups is 1. The van der Waals surface area contributed by atoms with Crippen molar-refractivity contribution in [1.82, 2.24) is 4.31 Å². The van der Waals surface area contributed by atoms with Crippen LogP contribution in [0, 0.1) is 5.92 Å². The Balaban J connectivity index is 2.83. The van der Waals surface area contributed by atoms with Crippen LogP contribution in [0.3, 0.4) is 0 Å². The molecule has 0 aliphatic carbocycles. The number of ether oxygens (including phenoxy) is 1. The van der Waals surface area contributed by atoms with E-state index in [4.69, 9.17) is 5.73 Å². The minimum Gasteiger partial charge on any atom is -0.465 e. The van der Waals surface area contributed by atoms with Gasteiger partial charge in [-0.1, -0.05) is 13.8 Å². The predicted molar refractivity (Wildman–Crippen MR) is 85.0 cm³/mol. The first-order valence-corrected chi connectivity index (χ1v) is 8.54. The number of hydrogen-bond acceptors (Lipinski definition) is 5. The number of sulfonamides is 1. The van der Waals surface area contributed by atoms with E-state index >= 15 is 0 Å². The Morgan fingerprint density at radius 3 is 2.27 bits per heavy atom. The van der Waals surface area contributed by atoms with Crippen molar-refractivity contribution in [3.63, 3.8) is 0 Å². The van der Waals surface area contributed by atoms with Crippen molar-refractivity contribution < 1.29 is 17.9 Å². The number of carbonyl (C=O) groups excluding carboxylic acids is 1. The number of nitrogens with zero attached hydrogens (tertiary/aromatic N) is 1. The number of benzene rings is 1. The molecule has 1 aromatic carbocycles. The van der Waals surface area contributed by atoms with Crippen LogP contribution in [-0.4, -0.2) is 45.4 Å². The fourth-order valence-corrected chi connectivity index (χ4v) is 3.03. The van der Waals surface area contributed by atoms with E-state index in [-0.39, 0.29) is 10.9 Å². The molecule has 0 fully saturated rings. The standard InChI is InChI=1S/C15H24N2O4S/c1-11(2)14(16)9-10-17(3)22(19,20)13-7-5-12(6-8-13)15(18)21-4/h5-8,11,14H,9-10,16H2,1-4H3. The van der Waals surface area contributed by atoms with Gasteiger partial charge >= 0.3 is 5.97 Å². The van der Waals surface area contributed by atoms with Crippen LogP contribution in [0.4, 0.5) is 0 Å². The zero-order chi connectivity index (χ0) is 16.9. The number of nitrogens with two attached hydrogens (primary N) is 1.